The van der Waals surface area contributed by atoms with Crippen molar-refractivity contribution in [2.24, 2.45) is 0 Å². The molecule has 2 nitrogen and oxygen atoms in total. The smallest absolute Gasteiger partial charge is 0.312 e. The van der Waals surface area contributed by atoms with E-state index >= 15 is 0 Å². The zero-order valence-corrected chi connectivity index (χ0v) is 24.3. The van der Waals surface area contributed by atoms with Crippen molar-refractivity contribution in [3.63, 3.8) is 0 Å². The van der Waals surface area contributed by atoms with E-state index in [1.165, 1.54) is 20.7 Å². The van der Waals surface area contributed by atoms with Gasteiger partial charge in [-0.2, -0.15) is 0 Å². The summed E-state index contributed by atoms with van der Waals surface area (Å²) in [6.07, 6.45) is 0. The molecular weight excluding hydrogens is 477 g/mol. The van der Waals surface area contributed by atoms with Crippen LogP contribution in [0.25, 0.3) is 0 Å². The summed E-state index contributed by atoms with van der Waals surface area (Å²) in [4.78, 5) is 0. The van der Waals surface area contributed by atoms with Gasteiger partial charge < -0.3 is 8.23 Å². The van der Waals surface area contributed by atoms with Crippen molar-refractivity contribution in [2.75, 3.05) is 0 Å². The second kappa shape index (κ2) is 11.0. The van der Waals surface area contributed by atoms with E-state index in [9.17, 15) is 0 Å². The Bertz CT molecular complexity index is 1010. The fraction of sp³-hybridized carbons (Fsp3) is 0.200. The summed E-state index contributed by atoms with van der Waals surface area (Å²) < 4.78 is 14.9. The van der Waals surface area contributed by atoms with Crippen LogP contribution in [0.5, 0.6) is 0 Å². The number of rotatable bonds is 10. The van der Waals surface area contributed by atoms with Gasteiger partial charge in [-0.3, -0.25) is 0 Å². The maximum atomic E-state index is 7.44. The standard InChI is InChI=1S/C30H36O2Si3/c1-5-34(27-19-11-7-12-20-27,28-21-13-8-14-22-28)31-33(3,4)32-35(6-2,29-23-15-9-16-24-29)30-25-17-10-18-26-30/h7-26H,5-6H2,1-4H3. The Morgan fingerprint density at radius 3 is 0.857 bits per heavy atom. The fourth-order valence-electron chi connectivity index (χ4n) is 5.22. The van der Waals surface area contributed by atoms with Gasteiger partial charge in [-0.25, -0.2) is 0 Å². The molecular formula is C30H36O2Si3. The van der Waals surface area contributed by atoms with Crippen LogP contribution in [0.15, 0.2) is 121 Å². The molecule has 0 aliphatic carbocycles. The van der Waals surface area contributed by atoms with Crippen molar-refractivity contribution in [1.82, 2.24) is 0 Å². The van der Waals surface area contributed by atoms with Crippen molar-refractivity contribution in [2.45, 2.75) is 39.0 Å². The van der Waals surface area contributed by atoms with Crippen molar-refractivity contribution < 1.29 is 8.23 Å². The van der Waals surface area contributed by atoms with Crippen LogP contribution in [-0.2, 0) is 8.23 Å². The Morgan fingerprint density at radius 2 is 0.657 bits per heavy atom. The van der Waals surface area contributed by atoms with Gasteiger partial charge in [-0.05, 0) is 45.9 Å². The molecule has 4 aromatic carbocycles. The molecule has 0 aliphatic rings. The molecule has 4 rings (SSSR count). The quantitative estimate of drug-likeness (QED) is 0.269. The van der Waals surface area contributed by atoms with E-state index in [1.807, 2.05) is 0 Å². The zero-order chi connectivity index (χ0) is 24.8. The second-order valence-corrected chi connectivity index (χ2v) is 20.9. The third kappa shape index (κ3) is 5.34. The number of hydrogen-bond acceptors (Lipinski definition) is 2. The van der Waals surface area contributed by atoms with Crippen LogP contribution in [0.1, 0.15) is 13.8 Å². The highest BCUT2D eigenvalue weighted by Crippen LogP contribution is 2.25. The average Bonchev–Trinajstić information content (AvgIpc) is 2.92. The molecule has 5 heteroatoms. The first-order valence-electron chi connectivity index (χ1n) is 12.6. The summed E-state index contributed by atoms with van der Waals surface area (Å²) in [7, 11) is -7.65. The number of benzene rings is 4. The van der Waals surface area contributed by atoms with E-state index in [-0.39, 0.29) is 0 Å². The Kier molecular flexibility index (Phi) is 8.04. The molecule has 0 heterocycles. The third-order valence-corrected chi connectivity index (χ3v) is 20.6. The minimum absolute atomic E-state index is 0.957. The highest BCUT2D eigenvalue weighted by atomic mass is 28.5. The highest BCUT2D eigenvalue weighted by molar-refractivity contribution is 7.05. The second-order valence-electron chi connectivity index (χ2n) is 9.43. The predicted molar refractivity (Wildman–Crippen MR) is 156 cm³/mol. The topological polar surface area (TPSA) is 18.5 Å². The van der Waals surface area contributed by atoms with Crippen molar-refractivity contribution >= 4 is 45.9 Å². The maximum absolute atomic E-state index is 7.44. The van der Waals surface area contributed by atoms with E-state index in [1.54, 1.807) is 0 Å². The molecule has 180 valence electrons. The molecule has 0 bridgehead atoms. The van der Waals surface area contributed by atoms with Crippen LogP contribution in [0.3, 0.4) is 0 Å². The molecule has 0 radical (unpaired) electrons. The first-order valence-corrected chi connectivity index (χ1v) is 19.6. The van der Waals surface area contributed by atoms with Crippen LogP contribution < -0.4 is 20.7 Å². The van der Waals surface area contributed by atoms with Gasteiger partial charge in [0.25, 0.3) is 0 Å². The predicted octanol–water partition coefficient (Wildman–Crippen LogP) is 5.28. The molecule has 0 fully saturated rings. The maximum Gasteiger partial charge on any atom is 0.312 e. The van der Waals surface area contributed by atoms with Crippen LogP contribution in [-0.4, -0.2) is 25.2 Å². The van der Waals surface area contributed by atoms with Gasteiger partial charge in [0.15, 0.2) is 0 Å². The first kappa shape index (κ1) is 25.5. The molecule has 0 amide bonds. The lowest BCUT2D eigenvalue weighted by molar-refractivity contribution is 0.401. The lowest BCUT2D eigenvalue weighted by atomic mass is 10.4. The Balaban J connectivity index is 1.82. The molecule has 0 aromatic heterocycles. The van der Waals surface area contributed by atoms with Crippen molar-refractivity contribution in [1.29, 1.82) is 0 Å². The van der Waals surface area contributed by atoms with E-state index < -0.39 is 25.2 Å². The van der Waals surface area contributed by atoms with Crippen LogP contribution in [0.2, 0.25) is 25.2 Å². The summed E-state index contributed by atoms with van der Waals surface area (Å²) in [5, 5.41) is 5.23. The van der Waals surface area contributed by atoms with E-state index in [4.69, 9.17) is 8.23 Å². The lowest BCUT2D eigenvalue weighted by Gasteiger charge is -2.44. The summed E-state index contributed by atoms with van der Waals surface area (Å²) in [6.45, 7) is 9.05. The molecule has 0 N–H and O–H groups in total. The molecule has 0 unspecified atom stereocenters. The van der Waals surface area contributed by atoms with Gasteiger partial charge in [-0.15, -0.1) is 0 Å². The highest BCUT2D eigenvalue weighted by Gasteiger charge is 2.49. The van der Waals surface area contributed by atoms with Gasteiger partial charge >= 0.3 is 8.56 Å². The zero-order valence-electron chi connectivity index (χ0n) is 21.3. The SMILES string of the molecule is CC[Si](O[Si](C)(C)O[Si](CC)(c1ccccc1)c1ccccc1)(c1ccccc1)c1ccccc1. The molecule has 0 atom stereocenters. The molecule has 0 saturated heterocycles. The molecule has 0 saturated carbocycles. The van der Waals surface area contributed by atoms with Crippen LogP contribution in [0.4, 0.5) is 0 Å². The minimum atomic E-state index is -2.62. The molecule has 35 heavy (non-hydrogen) atoms. The molecule has 4 aromatic rings. The monoisotopic (exact) mass is 512 g/mol. The lowest BCUT2D eigenvalue weighted by Crippen LogP contribution is -2.70. The van der Waals surface area contributed by atoms with Gasteiger partial charge in [0.2, 0.25) is 16.6 Å². The van der Waals surface area contributed by atoms with Crippen molar-refractivity contribution in [3.05, 3.63) is 121 Å². The Hall–Kier alpha value is -2.55. The fourth-order valence-corrected chi connectivity index (χ4v) is 20.7. The van der Waals surface area contributed by atoms with Gasteiger partial charge in [0.05, 0.1) is 0 Å². The summed E-state index contributed by atoms with van der Waals surface area (Å²) in [5.74, 6) is 0. The van der Waals surface area contributed by atoms with Gasteiger partial charge in [-0.1, -0.05) is 135 Å². The number of hydrogen-bond donors (Lipinski definition) is 0. The molecule has 0 spiro atoms. The molecule has 0 aliphatic heterocycles. The van der Waals surface area contributed by atoms with E-state index in [0.29, 0.717) is 0 Å². The van der Waals surface area contributed by atoms with E-state index in [0.717, 1.165) is 12.1 Å². The third-order valence-electron chi connectivity index (χ3n) is 6.80. The van der Waals surface area contributed by atoms with Crippen molar-refractivity contribution in [3.8, 4) is 0 Å². The minimum Gasteiger partial charge on any atom is -0.429 e. The average molecular weight is 513 g/mol. The van der Waals surface area contributed by atoms with Gasteiger partial charge in [0, 0.05) is 0 Å². The summed E-state index contributed by atoms with van der Waals surface area (Å²) in [6, 6.07) is 45.3. The normalized spacial score (nSPS) is 12.5. The van der Waals surface area contributed by atoms with Crippen LogP contribution in [0, 0.1) is 0 Å². The largest absolute Gasteiger partial charge is 0.429 e. The van der Waals surface area contributed by atoms with Gasteiger partial charge in [0.1, 0.15) is 0 Å². The summed E-state index contributed by atoms with van der Waals surface area (Å²) in [5.41, 5.74) is 0. The van der Waals surface area contributed by atoms with Crippen LogP contribution >= 0.6 is 0 Å². The summed E-state index contributed by atoms with van der Waals surface area (Å²) >= 11 is 0. The Morgan fingerprint density at radius 1 is 0.429 bits per heavy atom. The first-order chi connectivity index (χ1) is 17.0. The Labute approximate surface area is 214 Å². The van der Waals surface area contributed by atoms with E-state index in [2.05, 4.69) is 148 Å².